The number of rotatable bonds is 5. The zero-order valence-electron chi connectivity index (χ0n) is 14.5. The van der Waals surface area contributed by atoms with Crippen molar-refractivity contribution in [3.63, 3.8) is 0 Å². The maximum absolute atomic E-state index is 12.7. The predicted octanol–water partition coefficient (Wildman–Crippen LogP) is 7.41. The van der Waals surface area contributed by atoms with Crippen LogP contribution in [0.4, 0.5) is 5.13 Å². The maximum atomic E-state index is 12.7. The van der Waals surface area contributed by atoms with Crippen LogP contribution in [0.15, 0.2) is 36.4 Å². The van der Waals surface area contributed by atoms with Gasteiger partial charge >= 0.3 is 0 Å². The SMILES string of the molecule is CCCCc1ccc2nc(NC(=O)c3sc4cc(Cl)ccc4c3Cl)sc2c1. The van der Waals surface area contributed by atoms with E-state index in [0.717, 1.165) is 26.7 Å². The molecule has 0 aliphatic rings. The molecule has 27 heavy (non-hydrogen) atoms. The van der Waals surface area contributed by atoms with Gasteiger partial charge in [-0.2, -0.15) is 0 Å². The van der Waals surface area contributed by atoms with Gasteiger partial charge in [0, 0.05) is 15.1 Å². The van der Waals surface area contributed by atoms with Crippen molar-refractivity contribution in [3.05, 3.63) is 56.9 Å². The van der Waals surface area contributed by atoms with Crippen molar-refractivity contribution in [2.24, 2.45) is 0 Å². The number of anilines is 1. The Bertz CT molecular complexity index is 1150. The van der Waals surface area contributed by atoms with E-state index in [1.807, 2.05) is 18.2 Å². The van der Waals surface area contributed by atoms with Gasteiger partial charge in [-0.3, -0.25) is 10.1 Å². The zero-order valence-corrected chi connectivity index (χ0v) is 17.7. The highest BCUT2D eigenvalue weighted by atomic mass is 35.5. The first-order chi connectivity index (χ1) is 13.0. The minimum atomic E-state index is -0.248. The molecule has 0 radical (unpaired) electrons. The molecule has 2 aromatic heterocycles. The molecule has 138 valence electrons. The quantitative estimate of drug-likeness (QED) is 0.355. The Hall–Kier alpha value is -1.66. The van der Waals surface area contributed by atoms with Crippen LogP contribution < -0.4 is 5.32 Å². The second kappa shape index (κ2) is 7.76. The molecule has 0 saturated carbocycles. The average molecular weight is 435 g/mol. The number of amides is 1. The summed E-state index contributed by atoms with van der Waals surface area (Å²) >= 11 is 15.3. The molecule has 0 saturated heterocycles. The van der Waals surface area contributed by atoms with Gasteiger partial charge in [-0.05, 0) is 42.7 Å². The summed E-state index contributed by atoms with van der Waals surface area (Å²) < 4.78 is 1.97. The summed E-state index contributed by atoms with van der Waals surface area (Å²) in [4.78, 5) is 17.7. The van der Waals surface area contributed by atoms with Gasteiger partial charge in [-0.15, -0.1) is 11.3 Å². The first-order valence-electron chi connectivity index (χ1n) is 8.63. The number of aryl methyl sites for hydroxylation is 1. The van der Waals surface area contributed by atoms with Gasteiger partial charge in [-0.1, -0.05) is 60.0 Å². The number of nitrogens with zero attached hydrogens (tertiary/aromatic N) is 1. The molecule has 1 amide bonds. The molecule has 0 atom stereocenters. The lowest BCUT2D eigenvalue weighted by Crippen LogP contribution is -2.10. The minimum absolute atomic E-state index is 0.248. The summed E-state index contributed by atoms with van der Waals surface area (Å²) in [6.45, 7) is 2.19. The standard InChI is InChI=1S/C20H16Cl2N2OS2/c1-2-3-4-11-5-8-14-16(9-11)27-20(23-14)24-19(25)18-17(22)13-7-6-12(21)10-15(13)26-18/h5-10H,2-4H2,1H3,(H,23,24,25). The lowest BCUT2D eigenvalue weighted by molar-refractivity contribution is 0.103. The van der Waals surface area contributed by atoms with E-state index >= 15 is 0 Å². The van der Waals surface area contributed by atoms with Gasteiger partial charge in [0.15, 0.2) is 5.13 Å². The van der Waals surface area contributed by atoms with Crippen LogP contribution in [0.1, 0.15) is 35.0 Å². The second-order valence-corrected chi connectivity index (χ2v) is 9.16. The summed E-state index contributed by atoms with van der Waals surface area (Å²) in [5.74, 6) is -0.248. The van der Waals surface area contributed by atoms with Crippen LogP contribution in [0.25, 0.3) is 20.3 Å². The summed E-state index contributed by atoms with van der Waals surface area (Å²) in [5.41, 5.74) is 2.19. The second-order valence-electron chi connectivity index (χ2n) is 6.26. The van der Waals surface area contributed by atoms with Crippen LogP contribution in [0, 0.1) is 0 Å². The Morgan fingerprint density at radius 2 is 1.96 bits per heavy atom. The largest absolute Gasteiger partial charge is 0.297 e. The Kier molecular flexibility index (Phi) is 5.37. The fourth-order valence-corrected chi connectivity index (χ4v) is 5.51. The molecule has 1 N–H and O–H groups in total. The van der Waals surface area contributed by atoms with E-state index in [9.17, 15) is 4.79 Å². The molecular formula is C20H16Cl2N2OS2. The fraction of sp³-hybridized carbons (Fsp3) is 0.200. The smallest absolute Gasteiger partial charge is 0.269 e. The summed E-state index contributed by atoms with van der Waals surface area (Å²) in [7, 11) is 0. The first-order valence-corrected chi connectivity index (χ1v) is 11.0. The third-order valence-corrected chi connectivity index (χ3v) is 7.11. The number of benzene rings is 2. The van der Waals surface area contributed by atoms with E-state index in [4.69, 9.17) is 23.2 Å². The number of carbonyl (C=O) groups is 1. The Morgan fingerprint density at radius 1 is 1.11 bits per heavy atom. The number of halogens is 2. The van der Waals surface area contributed by atoms with E-state index in [2.05, 4.69) is 29.4 Å². The molecule has 0 aliphatic carbocycles. The van der Waals surface area contributed by atoms with E-state index < -0.39 is 0 Å². The van der Waals surface area contributed by atoms with Gasteiger partial charge < -0.3 is 0 Å². The third-order valence-electron chi connectivity index (χ3n) is 4.29. The Balaban J connectivity index is 1.60. The lowest BCUT2D eigenvalue weighted by Gasteiger charge is -1.98. The highest BCUT2D eigenvalue weighted by molar-refractivity contribution is 7.23. The fourth-order valence-electron chi connectivity index (χ4n) is 2.90. The average Bonchev–Trinajstić information content (AvgIpc) is 3.19. The minimum Gasteiger partial charge on any atom is -0.297 e. The van der Waals surface area contributed by atoms with Crippen molar-refractivity contribution >= 4 is 77.2 Å². The number of hydrogen-bond donors (Lipinski definition) is 1. The van der Waals surface area contributed by atoms with Crippen LogP contribution in [0.2, 0.25) is 10.0 Å². The van der Waals surface area contributed by atoms with E-state index in [1.165, 1.54) is 41.1 Å². The van der Waals surface area contributed by atoms with Crippen LogP contribution in [-0.2, 0) is 6.42 Å². The highest BCUT2D eigenvalue weighted by Gasteiger charge is 2.19. The lowest BCUT2D eigenvalue weighted by atomic mass is 10.1. The number of aromatic nitrogens is 1. The van der Waals surface area contributed by atoms with Crippen LogP contribution >= 0.6 is 45.9 Å². The van der Waals surface area contributed by atoms with Gasteiger partial charge in [0.1, 0.15) is 4.88 Å². The number of unbranched alkanes of at least 4 members (excludes halogenated alkanes) is 1. The normalized spacial score (nSPS) is 11.4. The van der Waals surface area contributed by atoms with Crippen molar-refractivity contribution in [1.29, 1.82) is 0 Å². The maximum Gasteiger partial charge on any atom is 0.269 e. The van der Waals surface area contributed by atoms with Crippen LogP contribution in [-0.4, -0.2) is 10.9 Å². The highest BCUT2D eigenvalue weighted by Crippen LogP contribution is 2.37. The van der Waals surface area contributed by atoms with E-state index in [1.54, 1.807) is 6.07 Å². The van der Waals surface area contributed by atoms with Gasteiger partial charge in [-0.25, -0.2) is 4.98 Å². The molecule has 2 heterocycles. The van der Waals surface area contributed by atoms with Gasteiger partial charge in [0.25, 0.3) is 5.91 Å². The third kappa shape index (κ3) is 3.83. The molecule has 0 fully saturated rings. The van der Waals surface area contributed by atoms with Gasteiger partial charge in [0.2, 0.25) is 0 Å². The summed E-state index contributed by atoms with van der Waals surface area (Å²) in [6.07, 6.45) is 3.40. The van der Waals surface area contributed by atoms with Crippen molar-refractivity contribution in [3.8, 4) is 0 Å². The predicted molar refractivity (Wildman–Crippen MR) is 118 cm³/mol. The Morgan fingerprint density at radius 3 is 2.78 bits per heavy atom. The monoisotopic (exact) mass is 434 g/mol. The topological polar surface area (TPSA) is 42.0 Å². The number of nitrogens with one attached hydrogen (secondary N) is 1. The summed E-state index contributed by atoms with van der Waals surface area (Å²) in [6, 6.07) is 11.7. The van der Waals surface area contributed by atoms with Crippen molar-refractivity contribution < 1.29 is 4.79 Å². The van der Waals surface area contributed by atoms with Crippen molar-refractivity contribution in [1.82, 2.24) is 4.98 Å². The molecular weight excluding hydrogens is 419 g/mol. The number of carbonyl (C=O) groups excluding carboxylic acids is 1. The van der Waals surface area contributed by atoms with E-state index in [-0.39, 0.29) is 5.91 Å². The number of hydrogen-bond acceptors (Lipinski definition) is 4. The summed E-state index contributed by atoms with van der Waals surface area (Å²) in [5, 5.41) is 5.37. The molecule has 7 heteroatoms. The molecule has 2 aromatic carbocycles. The zero-order chi connectivity index (χ0) is 19.0. The molecule has 4 aromatic rings. The number of thiophene rings is 1. The molecule has 0 aliphatic heterocycles. The van der Waals surface area contributed by atoms with Crippen LogP contribution in [0.5, 0.6) is 0 Å². The molecule has 0 unspecified atom stereocenters. The molecule has 0 spiro atoms. The molecule has 0 bridgehead atoms. The first kappa shape index (κ1) is 18.7. The molecule has 4 rings (SSSR count). The Labute approximate surface area is 174 Å². The van der Waals surface area contributed by atoms with Gasteiger partial charge in [0.05, 0.1) is 15.2 Å². The van der Waals surface area contributed by atoms with Crippen molar-refractivity contribution in [2.75, 3.05) is 5.32 Å². The molecule has 3 nitrogen and oxygen atoms in total. The van der Waals surface area contributed by atoms with Crippen molar-refractivity contribution in [2.45, 2.75) is 26.2 Å². The number of thiazole rings is 1. The van der Waals surface area contributed by atoms with Crippen LogP contribution in [0.3, 0.4) is 0 Å². The number of fused-ring (bicyclic) bond motifs is 2. The van der Waals surface area contributed by atoms with E-state index in [0.29, 0.717) is 20.1 Å².